The van der Waals surface area contributed by atoms with Crippen molar-refractivity contribution in [2.24, 2.45) is 5.92 Å². The zero-order chi connectivity index (χ0) is 14.6. The topological polar surface area (TPSA) is 95.9 Å². The molecule has 2 fully saturated rings. The van der Waals surface area contributed by atoms with Crippen LogP contribution in [0.4, 0.5) is 0 Å². The van der Waals surface area contributed by atoms with Gasteiger partial charge in [0.05, 0.1) is 25.1 Å². The molecular weight excluding hydrogens is 284 g/mol. The van der Waals surface area contributed by atoms with Crippen LogP contribution in [0.3, 0.4) is 0 Å². The molecule has 0 unspecified atom stereocenters. The van der Waals surface area contributed by atoms with Crippen molar-refractivity contribution in [2.75, 3.05) is 38.6 Å². The Morgan fingerprint density at radius 3 is 2.55 bits per heavy atom. The lowest BCUT2D eigenvalue weighted by molar-refractivity contribution is -0.121. The van der Waals surface area contributed by atoms with Gasteiger partial charge in [-0.3, -0.25) is 4.79 Å². The largest absolute Gasteiger partial charge is 0.393 e. The first kappa shape index (κ1) is 15.7. The van der Waals surface area contributed by atoms with Crippen LogP contribution in [0.25, 0.3) is 0 Å². The van der Waals surface area contributed by atoms with Crippen LogP contribution in [0.5, 0.6) is 0 Å². The molecule has 2 aliphatic rings. The molecular formula is C12H22N2O5S. The number of carbonyl (C=O) groups is 1. The SMILES string of the molecule is O=C(CCS(=O)(=O)N1CCOCC1)NCC1CC(O)C1. The Morgan fingerprint density at radius 2 is 1.95 bits per heavy atom. The summed E-state index contributed by atoms with van der Waals surface area (Å²) >= 11 is 0. The van der Waals surface area contributed by atoms with Crippen molar-refractivity contribution in [3.63, 3.8) is 0 Å². The normalized spacial score (nSPS) is 27.9. The van der Waals surface area contributed by atoms with Crippen LogP contribution < -0.4 is 5.32 Å². The fourth-order valence-electron chi connectivity index (χ4n) is 2.39. The molecule has 0 aromatic heterocycles. The van der Waals surface area contributed by atoms with Gasteiger partial charge >= 0.3 is 0 Å². The number of nitrogens with one attached hydrogen (secondary N) is 1. The minimum atomic E-state index is -3.36. The Balaban J connectivity index is 1.66. The van der Waals surface area contributed by atoms with Crippen molar-refractivity contribution in [1.29, 1.82) is 0 Å². The number of carbonyl (C=O) groups excluding carboxylic acids is 1. The minimum Gasteiger partial charge on any atom is -0.393 e. The van der Waals surface area contributed by atoms with E-state index in [0.717, 1.165) is 0 Å². The fourth-order valence-corrected chi connectivity index (χ4v) is 3.80. The molecule has 1 saturated carbocycles. The standard InChI is InChI=1S/C12H22N2O5S/c15-11-7-10(8-11)9-13-12(16)1-6-20(17,18)14-2-4-19-5-3-14/h10-11,15H,1-9H2,(H,13,16). The Morgan fingerprint density at radius 1 is 1.30 bits per heavy atom. The van der Waals surface area contributed by atoms with Gasteiger partial charge in [0.2, 0.25) is 15.9 Å². The first-order chi connectivity index (χ1) is 9.47. The molecule has 1 amide bonds. The number of nitrogens with zero attached hydrogens (tertiary/aromatic N) is 1. The van der Waals surface area contributed by atoms with Crippen LogP contribution >= 0.6 is 0 Å². The Bertz CT molecular complexity index is 427. The maximum Gasteiger partial charge on any atom is 0.221 e. The third-order valence-electron chi connectivity index (χ3n) is 3.75. The third kappa shape index (κ3) is 4.41. The number of hydrogen-bond donors (Lipinski definition) is 2. The lowest BCUT2D eigenvalue weighted by Crippen LogP contribution is -2.43. The van der Waals surface area contributed by atoms with Crippen molar-refractivity contribution >= 4 is 15.9 Å². The van der Waals surface area contributed by atoms with E-state index in [-0.39, 0.29) is 24.2 Å². The van der Waals surface area contributed by atoms with Crippen LogP contribution in [-0.4, -0.2) is 68.4 Å². The molecule has 0 aromatic carbocycles. The number of aliphatic hydroxyl groups excluding tert-OH is 1. The fraction of sp³-hybridized carbons (Fsp3) is 0.917. The molecule has 8 heteroatoms. The third-order valence-corrected chi connectivity index (χ3v) is 5.62. The zero-order valence-electron chi connectivity index (χ0n) is 11.5. The van der Waals surface area contributed by atoms with Gasteiger partial charge in [-0.25, -0.2) is 8.42 Å². The second-order valence-corrected chi connectivity index (χ2v) is 7.46. The first-order valence-corrected chi connectivity index (χ1v) is 8.58. The van der Waals surface area contributed by atoms with Crippen LogP contribution in [-0.2, 0) is 19.6 Å². The number of sulfonamides is 1. The lowest BCUT2D eigenvalue weighted by atomic mass is 9.82. The number of morpholine rings is 1. The molecule has 0 spiro atoms. The minimum absolute atomic E-state index is 0.0189. The van der Waals surface area contributed by atoms with Crippen molar-refractivity contribution < 1.29 is 23.1 Å². The lowest BCUT2D eigenvalue weighted by Gasteiger charge is -2.31. The number of ether oxygens (including phenoxy) is 1. The summed E-state index contributed by atoms with van der Waals surface area (Å²) in [7, 11) is -3.36. The molecule has 2 N–H and O–H groups in total. The molecule has 1 aliphatic carbocycles. The summed E-state index contributed by atoms with van der Waals surface area (Å²) in [6.07, 6.45) is 1.17. The van der Waals surface area contributed by atoms with Crippen molar-refractivity contribution in [2.45, 2.75) is 25.4 Å². The van der Waals surface area contributed by atoms with Gasteiger partial charge in [-0.15, -0.1) is 0 Å². The van der Waals surface area contributed by atoms with Crippen molar-refractivity contribution in [3.05, 3.63) is 0 Å². The summed E-state index contributed by atoms with van der Waals surface area (Å²) < 4.78 is 30.5. The molecule has 116 valence electrons. The van der Waals surface area contributed by atoms with Gasteiger partial charge in [0, 0.05) is 26.1 Å². The zero-order valence-corrected chi connectivity index (χ0v) is 12.3. The highest BCUT2D eigenvalue weighted by atomic mass is 32.2. The number of rotatable bonds is 6. The van der Waals surface area contributed by atoms with E-state index in [4.69, 9.17) is 9.84 Å². The van der Waals surface area contributed by atoms with Crippen LogP contribution in [0, 0.1) is 5.92 Å². The predicted octanol–water partition coefficient (Wildman–Crippen LogP) is -1.07. The second kappa shape index (κ2) is 6.84. The molecule has 1 aliphatic heterocycles. The monoisotopic (exact) mass is 306 g/mol. The van der Waals surface area contributed by atoms with E-state index in [2.05, 4.69) is 5.32 Å². The Labute approximate surface area is 119 Å². The van der Waals surface area contributed by atoms with Gasteiger partial charge in [-0.2, -0.15) is 4.31 Å². The Kier molecular flexibility index (Phi) is 5.36. The molecule has 0 radical (unpaired) electrons. The summed E-state index contributed by atoms with van der Waals surface area (Å²) in [5.74, 6) is -0.0837. The van der Waals surface area contributed by atoms with Crippen molar-refractivity contribution in [1.82, 2.24) is 9.62 Å². The summed E-state index contributed by atoms with van der Waals surface area (Å²) in [6, 6.07) is 0. The van der Waals surface area contributed by atoms with E-state index < -0.39 is 10.0 Å². The summed E-state index contributed by atoms with van der Waals surface area (Å²) in [6.45, 7) is 2.08. The number of amides is 1. The van der Waals surface area contributed by atoms with E-state index in [1.54, 1.807) is 0 Å². The number of aliphatic hydroxyl groups is 1. The smallest absolute Gasteiger partial charge is 0.221 e. The molecule has 0 bridgehead atoms. The van der Waals surface area contributed by atoms with E-state index in [1.807, 2.05) is 0 Å². The van der Waals surface area contributed by atoms with Gasteiger partial charge in [-0.1, -0.05) is 0 Å². The first-order valence-electron chi connectivity index (χ1n) is 6.98. The van der Waals surface area contributed by atoms with Gasteiger partial charge in [0.15, 0.2) is 0 Å². The highest BCUT2D eigenvalue weighted by Crippen LogP contribution is 2.26. The second-order valence-electron chi connectivity index (χ2n) is 5.37. The summed E-state index contributed by atoms with van der Waals surface area (Å²) in [5, 5.41) is 11.9. The summed E-state index contributed by atoms with van der Waals surface area (Å²) in [4.78, 5) is 11.6. The van der Waals surface area contributed by atoms with Crippen molar-refractivity contribution in [3.8, 4) is 0 Å². The van der Waals surface area contributed by atoms with E-state index >= 15 is 0 Å². The van der Waals surface area contributed by atoms with E-state index in [9.17, 15) is 13.2 Å². The average molecular weight is 306 g/mol. The average Bonchev–Trinajstić information content (AvgIpc) is 2.41. The number of hydrogen-bond acceptors (Lipinski definition) is 5. The van der Waals surface area contributed by atoms with Gasteiger partial charge in [-0.05, 0) is 18.8 Å². The predicted molar refractivity (Wildman–Crippen MR) is 72.5 cm³/mol. The summed E-state index contributed by atoms with van der Waals surface area (Å²) in [5.41, 5.74) is 0. The quantitative estimate of drug-likeness (QED) is 0.651. The van der Waals surface area contributed by atoms with Gasteiger partial charge < -0.3 is 15.2 Å². The van der Waals surface area contributed by atoms with Gasteiger partial charge in [0.1, 0.15) is 0 Å². The van der Waals surface area contributed by atoms with E-state index in [1.165, 1.54) is 4.31 Å². The molecule has 1 saturated heterocycles. The molecule has 2 rings (SSSR count). The van der Waals surface area contributed by atoms with Crippen LogP contribution in [0.1, 0.15) is 19.3 Å². The van der Waals surface area contributed by atoms with E-state index in [0.29, 0.717) is 51.6 Å². The highest BCUT2D eigenvalue weighted by molar-refractivity contribution is 7.89. The maximum atomic E-state index is 12.0. The molecule has 20 heavy (non-hydrogen) atoms. The maximum absolute atomic E-state index is 12.0. The molecule has 1 heterocycles. The van der Waals surface area contributed by atoms with Gasteiger partial charge in [0.25, 0.3) is 0 Å². The Hall–Kier alpha value is -0.700. The van der Waals surface area contributed by atoms with Crippen LogP contribution in [0.15, 0.2) is 0 Å². The molecule has 0 atom stereocenters. The van der Waals surface area contributed by atoms with Crippen LogP contribution in [0.2, 0.25) is 0 Å². The highest BCUT2D eigenvalue weighted by Gasteiger charge is 2.28. The molecule has 0 aromatic rings. The molecule has 7 nitrogen and oxygen atoms in total.